The lowest BCUT2D eigenvalue weighted by atomic mass is 9.92. The Morgan fingerprint density at radius 3 is 2.47 bits per heavy atom. The van der Waals surface area contributed by atoms with E-state index in [0.29, 0.717) is 5.88 Å². The Kier molecular flexibility index (Phi) is 3.17. The molecule has 1 rings (SSSR count). The second-order valence-electron chi connectivity index (χ2n) is 4.97. The van der Waals surface area contributed by atoms with Crippen molar-refractivity contribution in [2.75, 3.05) is 5.32 Å². The number of carbonyl (C=O) groups is 1. The van der Waals surface area contributed by atoms with E-state index in [-0.39, 0.29) is 17.2 Å². The van der Waals surface area contributed by atoms with Gasteiger partial charge in [-0.15, -0.1) is 0 Å². The zero-order valence-electron chi connectivity index (χ0n) is 9.92. The maximum absolute atomic E-state index is 11.4. The molecule has 1 aromatic heterocycles. The number of rotatable bonds is 2. The normalized spacial score (nSPS) is 11.9. The molecule has 1 amide bonds. The first-order chi connectivity index (χ1) is 6.80. The molecule has 0 spiro atoms. The maximum atomic E-state index is 11.4. The number of nitrogens with one attached hydrogen (secondary N) is 1. The van der Waals surface area contributed by atoms with Crippen LogP contribution in [0, 0.1) is 5.92 Å². The van der Waals surface area contributed by atoms with Crippen LogP contribution < -0.4 is 5.32 Å². The zero-order valence-corrected chi connectivity index (χ0v) is 9.92. The fourth-order valence-electron chi connectivity index (χ4n) is 0.953. The van der Waals surface area contributed by atoms with Crippen molar-refractivity contribution in [3.8, 4) is 0 Å². The quantitative estimate of drug-likeness (QED) is 0.816. The van der Waals surface area contributed by atoms with Gasteiger partial charge in [0.25, 0.3) is 0 Å². The summed E-state index contributed by atoms with van der Waals surface area (Å²) < 4.78 is 5.03. The Morgan fingerprint density at radius 2 is 2.07 bits per heavy atom. The number of carbonyl (C=O) groups excluding carboxylic acids is 1. The van der Waals surface area contributed by atoms with Crippen LogP contribution in [-0.4, -0.2) is 11.1 Å². The largest absolute Gasteiger partial charge is 0.338 e. The maximum Gasteiger partial charge on any atom is 0.231 e. The van der Waals surface area contributed by atoms with Crippen LogP contribution in [0.4, 0.5) is 5.88 Å². The molecule has 0 aliphatic rings. The zero-order chi connectivity index (χ0) is 11.6. The number of hydrogen-bond acceptors (Lipinski definition) is 3. The molecule has 4 nitrogen and oxygen atoms in total. The van der Waals surface area contributed by atoms with Gasteiger partial charge >= 0.3 is 0 Å². The average Bonchev–Trinajstić information content (AvgIpc) is 2.51. The first-order valence-electron chi connectivity index (χ1n) is 5.09. The Bertz CT molecular complexity index is 348. The molecule has 0 saturated heterocycles. The highest BCUT2D eigenvalue weighted by atomic mass is 16.5. The highest BCUT2D eigenvalue weighted by Crippen LogP contribution is 2.23. The molecule has 1 heterocycles. The van der Waals surface area contributed by atoms with Gasteiger partial charge < -0.3 is 4.52 Å². The van der Waals surface area contributed by atoms with Gasteiger partial charge in [-0.05, 0) is 0 Å². The summed E-state index contributed by atoms with van der Waals surface area (Å²) in [6.45, 7) is 9.78. The number of amides is 1. The lowest BCUT2D eigenvalue weighted by Crippen LogP contribution is -2.17. The van der Waals surface area contributed by atoms with Crippen molar-refractivity contribution in [2.45, 2.75) is 40.0 Å². The van der Waals surface area contributed by atoms with Crippen LogP contribution in [0.3, 0.4) is 0 Å². The van der Waals surface area contributed by atoms with Crippen molar-refractivity contribution >= 4 is 11.8 Å². The van der Waals surface area contributed by atoms with Crippen molar-refractivity contribution in [1.82, 2.24) is 5.16 Å². The summed E-state index contributed by atoms with van der Waals surface area (Å²) in [5.41, 5.74) is 0.770. The molecule has 15 heavy (non-hydrogen) atoms. The topological polar surface area (TPSA) is 55.1 Å². The Morgan fingerprint density at radius 1 is 1.47 bits per heavy atom. The molecule has 0 aliphatic heterocycles. The lowest BCUT2D eigenvalue weighted by molar-refractivity contribution is -0.119. The minimum atomic E-state index is -0.0652. The Balaban J connectivity index is 2.73. The van der Waals surface area contributed by atoms with E-state index in [4.69, 9.17) is 4.52 Å². The van der Waals surface area contributed by atoms with Gasteiger partial charge in [-0.3, -0.25) is 10.1 Å². The molecule has 84 valence electrons. The predicted molar refractivity (Wildman–Crippen MR) is 58.7 cm³/mol. The Labute approximate surface area is 90.0 Å². The molecule has 0 unspecified atom stereocenters. The van der Waals surface area contributed by atoms with Crippen LogP contribution in [0.1, 0.15) is 40.3 Å². The summed E-state index contributed by atoms with van der Waals surface area (Å²) in [6, 6.07) is 1.76. The summed E-state index contributed by atoms with van der Waals surface area (Å²) in [5, 5.41) is 6.58. The average molecular weight is 210 g/mol. The summed E-state index contributed by atoms with van der Waals surface area (Å²) in [7, 11) is 0. The van der Waals surface area contributed by atoms with Gasteiger partial charge in [-0.1, -0.05) is 39.8 Å². The van der Waals surface area contributed by atoms with E-state index in [2.05, 4.69) is 10.5 Å². The van der Waals surface area contributed by atoms with Gasteiger partial charge in [0, 0.05) is 17.4 Å². The monoisotopic (exact) mass is 210 g/mol. The molecule has 0 atom stereocenters. The van der Waals surface area contributed by atoms with Crippen molar-refractivity contribution in [3.05, 3.63) is 11.8 Å². The van der Waals surface area contributed by atoms with Crippen molar-refractivity contribution in [1.29, 1.82) is 0 Å². The summed E-state index contributed by atoms with van der Waals surface area (Å²) in [6.07, 6.45) is 0. The van der Waals surface area contributed by atoms with Gasteiger partial charge in [0.05, 0.1) is 5.69 Å². The standard InChI is InChI=1S/C11H18N2O2/c1-7(2)10(14)12-9-6-8(13-15-9)11(3,4)5/h6-7H,1-5H3,(H,12,14). The van der Waals surface area contributed by atoms with Crippen LogP contribution in [-0.2, 0) is 10.2 Å². The highest BCUT2D eigenvalue weighted by molar-refractivity contribution is 5.90. The molecule has 1 aromatic rings. The van der Waals surface area contributed by atoms with Crippen LogP contribution in [0.25, 0.3) is 0 Å². The third-order valence-electron chi connectivity index (χ3n) is 2.05. The minimum absolute atomic E-state index is 0.0619. The Hall–Kier alpha value is -1.32. The molecule has 0 aliphatic carbocycles. The smallest absolute Gasteiger partial charge is 0.231 e. The van der Waals surface area contributed by atoms with E-state index >= 15 is 0 Å². The first-order valence-corrected chi connectivity index (χ1v) is 5.09. The number of anilines is 1. The van der Waals surface area contributed by atoms with E-state index in [0.717, 1.165) is 5.69 Å². The van der Waals surface area contributed by atoms with Crippen molar-refractivity contribution < 1.29 is 9.32 Å². The minimum Gasteiger partial charge on any atom is -0.338 e. The predicted octanol–water partition coefficient (Wildman–Crippen LogP) is 2.57. The molecular weight excluding hydrogens is 192 g/mol. The van der Waals surface area contributed by atoms with E-state index < -0.39 is 0 Å². The molecule has 0 saturated carbocycles. The number of hydrogen-bond donors (Lipinski definition) is 1. The van der Waals surface area contributed by atoms with Crippen LogP contribution in [0.2, 0.25) is 0 Å². The fourth-order valence-corrected chi connectivity index (χ4v) is 0.953. The van der Waals surface area contributed by atoms with E-state index in [1.807, 2.05) is 34.6 Å². The second-order valence-corrected chi connectivity index (χ2v) is 4.97. The highest BCUT2D eigenvalue weighted by Gasteiger charge is 2.20. The molecule has 0 aromatic carbocycles. The third kappa shape index (κ3) is 3.08. The molecule has 0 fully saturated rings. The third-order valence-corrected chi connectivity index (χ3v) is 2.05. The number of aromatic nitrogens is 1. The van der Waals surface area contributed by atoms with E-state index in [1.165, 1.54) is 0 Å². The van der Waals surface area contributed by atoms with Crippen LogP contribution in [0.5, 0.6) is 0 Å². The van der Waals surface area contributed by atoms with Crippen LogP contribution in [0.15, 0.2) is 10.6 Å². The van der Waals surface area contributed by atoms with Gasteiger partial charge in [-0.25, -0.2) is 0 Å². The summed E-state index contributed by atoms with van der Waals surface area (Å²) >= 11 is 0. The molecule has 0 bridgehead atoms. The molecule has 0 radical (unpaired) electrons. The molecule has 4 heteroatoms. The van der Waals surface area contributed by atoms with E-state index in [1.54, 1.807) is 6.07 Å². The second kappa shape index (κ2) is 4.04. The van der Waals surface area contributed by atoms with E-state index in [9.17, 15) is 4.79 Å². The molecule has 1 N–H and O–H groups in total. The summed E-state index contributed by atoms with van der Waals surface area (Å²) in [5.74, 6) is 0.290. The number of nitrogens with zero attached hydrogens (tertiary/aromatic N) is 1. The fraction of sp³-hybridized carbons (Fsp3) is 0.636. The van der Waals surface area contributed by atoms with Gasteiger partial charge in [0.2, 0.25) is 11.8 Å². The van der Waals surface area contributed by atoms with Crippen molar-refractivity contribution in [3.63, 3.8) is 0 Å². The van der Waals surface area contributed by atoms with Gasteiger partial charge in [-0.2, -0.15) is 0 Å². The van der Waals surface area contributed by atoms with Gasteiger partial charge in [0.15, 0.2) is 0 Å². The SMILES string of the molecule is CC(C)C(=O)Nc1cc(C(C)(C)C)no1. The first kappa shape index (κ1) is 11.8. The molecular formula is C11H18N2O2. The lowest BCUT2D eigenvalue weighted by Gasteiger charge is -2.12. The van der Waals surface area contributed by atoms with Crippen molar-refractivity contribution in [2.24, 2.45) is 5.92 Å². The van der Waals surface area contributed by atoms with Gasteiger partial charge in [0.1, 0.15) is 0 Å². The van der Waals surface area contributed by atoms with Crippen LogP contribution >= 0.6 is 0 Å². The summed E-state index contributed by atoms with van der Waals surface area (Å²) in [4.78, 5) is 11.4.